The number of nitriles is 1. The largest absolute Gasteiger partial charge is 0.497 e. The van der Waals surface area contributed by atoms with Gasteiger partial charge in [-0.1, -0.05) is 19.9 Å². The van der Waals surface area contributed by atoms with Crippen LogP contribution in [-0.2, 0) is 0 Å². The number of methoxy groups -OCH3 is 1. The van der Waals surface area contributed by atoms with Gasteiger partial charge in [0, 0.05) is 12.5 Å². The van der Waals surface area contributed by atoms with Crippen molar-refractivity contribution < 1.29 is 9.47 Å². The number of benzene rings is 1. The summed E-state index contributed by atoms with van der Waals surface area (Å²) in [6.45, 7) is 4.67. The predicted molar refractivity (Wildman–Crippen MR) is 71.7 cm³/mol. The summed E-state index contributed by atoms with van der Waals surface area (Å²) in [5, 5.41) is 9.23. The van der Waals surface area contributed by atoms with Gasteiger partial charge in [0.2, 0.25) is 0 Å². The molecular weight excluding hydrogens is 226 g/mol. The molecule has 0 aromatic heterocycles. The first-order chi connectivity index (χ1) is 8.69. The average Bonchev–Trinajstić information content (AvgIpc) is 2.44. The van der Waals surface area contributed by atoms with Crippen LogP contribution in [0, 0.1) is 16.7 Å². The third-order valence-electron chi connectivity index (χ3n) is 3.48. The molecule has 1 rings (SSSR count). The van der Waals surface area contributed by atoms with E-state index in [2.05, 4.69) is 19.9 Å². The topological polar surface area (TPSA) is 42.2 Å². The molecule has 0 aliphatic carbocycles. The number of ether oxygens (including phenoxy) is 2. The molecule has 0 bridgehead atoms. The van der Waals surface area contributed by atoms with E-state index in [0.717, 1.165) is 30.8 Å². The number of nitrogens with zero attached hydrogens (tertiary/aromatic N) is 1. The van der Waals surface area contributed by atoms with Crippen molar-refractivity contribution in [3.63, 3.8) is 0 Å². The molecule has 3 heteroatoms. The Labute approximate surface area is 109 Å². The fourth-order valence-electron chi connectivity index (χ4n) is 1.87. The Morgan fingerprint density at radius 3 is 2.44 bits per heavy atom. The van der Waals surface area contributed by atoms with Crippen LogP contribution in [0.15, 0.2) is 24.3 Å². The monoisotopic (exact) mass is 247 g/mol. The van der Waals surface area contributed by atoms with Crippen molar-refractivity contribution >= 4 is 0 Å². The fraction of sp³-hybridized carbons (Fsp3) is 0.533. The first kappa shape index (κ1) is 14.4. The summed E-state index contributed by atoms with van der Waals surface area (Å²) in [6.07, 6.45) is 2.48. The Morgan fingerprint density at radius 2 is 1.89 bits per heavy atom. The van der Waals surface area contributed by atoms with E-state index in [-0.39, 0.29) is 5.41 Å². The number of hydrogen-bond acceptors (Lipinski definition) is 3. The molecule has 0 aliphatic rings. The van der Waals surface area contributed by atoms with Crippen LogP contribution in [0.25, 0.3) is 0 Å². The zero-order chi connectivity index (χ0) is 13.4. The molecule has 0 unspecified atom stereocenters. The average molecular weight is 247 g/mol. The van der Waals surface area contributed by atoms with Gasteiger partial charge in [0.05, 0.1) is 25.2 Å². The molecule has 0 radical (unpaired) electrons. The van der Waals surface area contributed by atoms with Crippen LogP contribution < -0.4 is 9.47 Å². The summed E-state index contributed by atoms with van der Waals surface area (Å²) >= 11 is 0. The maximum Gasteiger partial charge on any atom is 0.122 e. The van der Waals surface area contributed by atoms with Crippen LogP contribution in [0.4, 0.5) is 0 Å². The molecule has 0 aliphatic heterocycles. The zero-order valence-electron chi connectivity index (χ0n) is 11.4. The quantitative estimate of drug-likeness (QED) is 0.736. The first-order valence-electron chi connectivity index (χ1n) is 6.38. The van der Waals surface area contributed by atoms with E-state index in [1.54, 1.807) is 7.11 Å². The molecule has 98 valence electrons. The van der Waals surface area contributed by atoms with Crippen LogP contribution in [0.5, 0.6) is 11.5 Å². The highest BCUT2D eigenvalue weighted by Crippen LogP contribution is 2.30. The van der Waals surface area contributed by atoms with Gasteiger partial charge in [0.15, 0.2) is 0 Å². The van der Waals surface area contributed by atoms with Crippen molar-refractivity contribution in [2.45, 2.75) is 33.1 Å². The van der Waals surface area contributed by atoms with Gasteiger partial charge in [0.25, 0.3) is 0 Å². The van der Waals surface area contributed by atoms with E-state index in [1.807, 2.05) is 24.3 Å². The summed E-state index contributed by atoms with van der Waals surface area (Å²) in [5.74, 6) is 1.57. The maximum atomic E-state index is 9.23. The molecule has 0 saturated heterocycles. The van der Waals surface area contributed by atoms with Gasteiger partial charge in [-0.15, -0.1) is 0 Å². The molecule has 3 nitrogen and oxygen atoms in total. The summed E-state index contributed by atoms with van der Waals surface area (Å²) in [7, 11) is 1.63. The predicted octanol–water partition coefficient (Wildman–Crippen LogP) is 3.79. The molecule has 0 spiro atoms. The van der Waals surface area contributed by atoms with Gasteiger partial charge < -0.3 is 9.47 Å². The smallest absolute Gasteiger partial charge is 0.122 e. The van der Waals surface area contributed by atoms with Crippen molar-refractivity contribution in [1.29, 1.82) is 5.26 Å². The van der Waals surface area contributed by atoms with Crippen LogP contribution in [0.1, 0.15) is 33.1 Å². The van der Waals surface area contributed by atoms with Crippen molar-refractivity contribution in [2.24, 2.45) is 5.41 Å². The minimum Gasteiger partial charge on any atom is -0.497 e. The minimum atomic E-state index is -0.251. The van der Waals surface area contributed by atoms with Crippen LogP contribution >= 0.6 is 0 Å². The Hall–Kier alpha value is -1.69. The van der Waals surface area contributed by atoms with E-state index in [9.17, 15) is 5.26 Å². The zero-order valence-corrected chi connectivity index (χ0v) is 11.4. The van der Waals surface area contributed by atoms with E-state index < -0.39 is 0 Å². The number of hydrogen-bond donors (Lipinski definition) is 0. The fourth-order valence-corrected chi connectivity index (χ4v) is 1.87. The molecule has 18 heavy (non-hydrogen) atoms. The lowest BCUT2D eigenvalue weighted by Gasteiger charge is -2.23. The second-order valence-electron chi connectivity index (χ2n) is 4.38. The maximum absolute atomic E-state index is 9.23. The first-order valence-corrected chi connectivity index (χ1v) is 6.38. The molecule has 0 heterocycles. The lowest BCUT2D eigenvalue weighted by molar-refractivity contribution is 0.231. The molecule has 0 atom stereocenters. The summed E-state index contributed by atoms with van der Waals surface area (Å²) in [4.78, 5) is 0. The summed E-state index contributed by atoms with van der Waals surface area (Å²) < 4.78 is 10.8. The summed E-state index contributed by atoms with van der Waals surface area (Å²) in [6, 6.07) is 9.94. The van der Waals surface area contributed by atoms with Gasteiger partial charge in [-0.2, -0.15) is 5.26 Å². The Kier molecular flexibility index (Phi) is 5.51. The molecule has 0 amide bonds. The van der Waals surface area contributed by atoms with Gasteiger partial charge >= 0.3 is 0 Å². The van der Waals surface area contributed by atoms with Crippen LogP contribution in [-0.4, -0.2) is 13.7 Å². The molecule has 0 N–H and O–H groups in total. The van der Waals surface area contributed by atoms with Gasteiger partial charge in [-0.05, 0) is 25.0 Å². The second-order valence-corrected chi connectivity index (χ2v) is 4.38. The normalized spacial score (nSPS) is 10.8. The van der Waals surface area contributed by atoms with Gasteiger partial charge in [0.1, 0.15) is 11.5 Å². The molecule has 0 fully saturated rings. The molecular formula is C15H21NO2. The minimum absolute atomic E-state index is 0.251. The highest BCUT2D eigenvalue weighted by Gasteiger charge is 2.25. The molecule has 0 saturated carbocycles. The van der Waals surface area contributed by atoms with E-state index in [0.29, 0.717) is 6.61 Å². The second kappa shape index (κ2) is 6.90. The standard InChI is InChI=1S/C15H21NO2/c1-4-15(5-2,12-16)9-10-18-14-8-6-7-13(11-14)17-3/h6-8,11H,4-5,9-10H2,1-3H3. The lowest BCUT2D eigenvalue weighted by atomic mass is 9.81. The lowest BCUT2D eigenvalue weighted by Crippen LogP contribution is -2.19. The van der Waals surface area contributed by atoms with Crippen molar-refractivity contribution in [2.75, 3.05) is 13.7 Å². The SMILES string of the molecule is CCC(C#N)(CC)CCOc1cccc(OC)c1. The van der Waals surface area contributed by atoms with Crippen molar-refractivity contribution in [3.05, 3.63) is 24.3 Å². The molecule has 1 aromatic rings. The Bertz CT molecular complexity index is 405. The highest BCUT2D eigenvalue weighted by molar-refractivity contribution is 5.32. The highest BCUT2D eigenvalue weighted by atomic mass is 16.5. The van der Waals surface area contributed by atoms with E-state index in [4.69, 9.17) is 9.47 Å². The van der Waals surface area contributed by atoms with E-state index >= 15 is 0 Å². The third kappa shape index (κ3) is 3.66. The Balaban J connectivity index is 2.53. The van der Waals surface area contributed by atoms with Crippen molar-refractivity contribution in [1.82, 2.24) is 0 Å². The molecule has 1 aromatic carbocycles. The third-order valence-corrected chi connectivity index (χ3v) is 3.48. The number of rotatable bonds is 7. The van der Waals surface area contributed by atoms with Gasteiger partial charge in [-0.3, -0.25) is 0 Å². The van der Waals surface area contributed by atoms with Gasteiger partial charge in [-0.25, -0.2) is 0 Å². The van der Waals surface area contributed by atoms with E-state index in [1.165, 1.54) is 0 Å². The van der Waals surface area contributed by atoms with Crippen molar-refractivity contribution in [3.8, 4) is 17.6 Å². The summed E-state index contributed by atoms with van der Waals surface area (Å²) in [5.41, 5.74) is -0.251. The van der Waals surface area contributed by atoms with Crippen LogP contribution in [0.2, 0.25) is 0 Å². The van der Waals surface area contributed by atoms with Crippen LogP contribution in [0.3, 0.4) is 0 Å². The Morgan fingerprint density at radius 1 is 1.22 bits per heavy atom.